The molecule has 0 aliphatic rings. The molecule has 0 aliphatic carbocycles. The number of nitrogens with two attached hydrogens (primary N) is 1. The summed E-state index contributed by atoms with van der Waals surface area (Å²) < 4.78 is 40.9. The van der Waals surface area contributed by atoms with Crippen molar-refractivity contribution in [3.05, 3.63) is 60.2 Å². The zero-order chi connectivity index (χ0) is 16.7. The van der Waals surface area contributed by atoms with Crippen molar-refractivity contribution in [2.75, 3.05) is 11.9 Å². The van der Waals surface area contributed by atoms with Crippen LogP contribution in [0.5, 0.6) is 5.75 Å². The molecule has 0 radical (unpaired) electrons. The lowest BCUT2D eigenvalue weighted by molar-refractivity contribution is -0.274. The highest BCUT2D eigenvalue weighted by Gasteiger charge is 2.32. The van der Waals surface area contributed by atoms with E-state index in [1.807, 2.05) is 30.3 Å². The molecule has 4 nitrogen and oxygen atoms in total. The molecule has 0 aromatic heterocycles. The first-order chi connectivity index (χ1) is 10.9. The van der Waals surface area contributed by atoms with Crippen LogP contribution in [0.25, 0.3) is 0 Å². The molecule has 2 rings (SSSR count). The topological polar surface area (TPSA) is 59.6 Å². The third-order valence-electron chi connectivity index (χ3n) is 2.90. The van der Waals surface area contributed by atoms with E-state index in [2.05, 4.69) is 15.0 Å². The minimum Gasteiger partial charge on any atom is -0.404 e. The molecule has 0 saturated heterocycles. The number of aliphatic imine (C=N–C) groups is 1. The molecular weight excluding hydrogens is 434 g/mol. The molecule has 0 amide bonds. The Morgan fingerprint density at radius 2 is 1.67 bits per heavy atom. The molecular formula is C16H17F3IN3O. The molecule has 0 aliphatic heterocycles. The summed E-state index contributed by atoms with van der Waals surface area (Å²) in [7, 11) is 0. The van der Waals surface area contributed by atoms with Crippen molar-refractivity contribution in [1.29, 1.82) is 0 Å². The Bertz CT molecular complexity index is 663. The third-order valence-corrected chi connectivity index (χ3v) is 2.90. The van der Waals surface area contributed by atoms with Gasteiger partial charge in [-0.3, -0.25) is 4.99 Å². The van der Waals surface area contributed by atoms with Crippen LogP contribution >= 0.6 is 24.0 Å². The van der Waals surface area contributed by atoms with Crippen molar-refractivity contribution in [3.63, 3.8) is 0 Å². The van der Waals surface area contributed by atoms with Gasteiger partial charge in [0.05, 0.1) is 5.69 Å². The second kappa shape index (κ2) is 9.36. The van der Waals surface area contributed by atoms with E-state index < -0.39 is 6.36 Å². The van der Waals surface area contributed by atoms with E-state index in [9.17, 15) is 13.2 Å². The smallest absolute Gasteiger partial charge is 0.404 e. The third kappa shape index (κ3) is 7.07. The van der Waals surface area contributed by atoms with Crippen LogP contribution in [0.3, 0.4) is 0 Å². The number of guanidine groups is 1. The van der Waals surface area contributed by atoms with Gasteiger partial charge in [-0.1, -0.05) is 42.5 Å². The van der Waals surface area contributed by atoms with Crippen molar-refractivity contribution in [3.8, 4) is 5.75 Å². The lowest BCUT2D eigenvalue weighted by Gasteiger charge is -2.14. The second-order valence-corrected chi connectivity index (χ2v) is 4.67. The summed E-state index contributed by atoms with van der Waals surface area (Å²) in [6.45, 7) is 0.422. The normalized spacial score (nSPS) is 11.5. The molecule has 8 heteroatoms. The predicted octanol–water partition coefficient (Wildman–Crippen LogP) is 4.17. The van der Waals surface area contributed by atoms with Gasteiger partial charge in [-0.25, -0.2) is 0 Å². The number of benzene rings is 2. The van der Waals surface area contributed by atoms with Crippen molar-refractivity contribution < 1.29 is 17.9 Å². The number of hydrogen-bond donors (Lipinski definition) is 2. The highest BCUT2D eigenvalue weighted by Crippen LogP contribution is 2.29. The van der Waals surface area contributed by atoms with Crippen LogP contribution in [0.15, 0.2) is 59.6 Å². The van der Waals surface area contributed by atoms with E-state index in [4.69, 9.17) is 5.73 Å². The van der Waals surface area contributed by atoms with Crippen LogP contribution < -0.4 is 15.8 Å². The molecule has 2 aromatic rings. The van der Waals surface area contributed by atoms with Crippen LogP contribution in [0.1, 0.15) is 5.56 Å². The largest absolute Gasteiger partial charge is 0.573 e. The zero-order valence-electron chi connectivity index (χ0n) is 12.6. The van der Waals surface area contributed by atoms with E-state index in [0.29, 0.717) is 13.0 Å². The first-order valence-corrected chi connectivity index (χ1v) is 6.90. The second-order valence-electron chi connectivity index (χ2n) is 4.67. The molecule has 0 fully saturated rings. The molecule has 0 saturated carbocycles. The van der Waals surface area contributed by atoms with Gasteiger partial charge in [-0.05, 0) is 24.1 Å². The number of halogens is 4. The quantitative estimate of drug-likeness (QED) is 0.408. The van der Waals surface area contributed by atoms with Crippen LogP contribution in [0.4, 0.5) is 18.9 Å². The molecule has 130 valence electrons. The van der Waals surface area contributed by atoms with Crippen molar-refractivity contribution in [2.45, 2.75) is 12.8 Å². The Morgan fingerprint density at radius 1 is 1.04 bits per heavy atom. The van der Waals surface area contributed by atoms with Gasteiger partial charge in [-0.15, -0.1) is 37.1 Å². The van der Waals surface area contributed by atoms with Crippen LogP contribution in [-0.2, 0) is 6.42 Å². The number of alkyl halides is 3. The fraction of sp³-hybridized carbons (Fsp3) is 0.188. The summed E-state index contributed by atoms with van der Waals surface area (Å²) in [5, 5.41) is 2.62. The SMILES string of the molecule is I.NC(=NCCc1ccccc1)Nc1ccccc1OC(F)(F)F. The van der Waals surface area contributed by atoms with Crippen molar-refractivity contribution in [1.82, 2.24) is 0 Å². The molecule has 0 bridgehead atoms. The molecule has 2 aromatic carbocycles. The monoisotopic (exact) mass is 451 g/mol. The maximum absolute atomic E-state index is 12.3. The summed E-state index contributed by atoms with van der Waals surface area (Å²) >= 11 is 0. The fourth-order valence-corrected chi connectivity index (χ4v) is 1.91. The van der Waals surface area contributed by atoms with Crippen LogP contribution in [0, 0.1) is 0 Å². The molecule has 3 N–H and O–H groups in total. The summed E-state index contributed by atoms with van der Waals surface area (Å²) in [4.78, 5) is 4.10. The number of hydrogen-bond acceptors (Lipinski definition) is 2. The highest BCUT2D eigenvalue weighted by atomic mass is 127. The van der Waals surface area contributed by atoms with E-state index in [0.717, 1.165) is 5.56 Å². The maximum atomic E-state index is 12.3. The Morgan fingerprint density at radius 3 is 2.33 bits per heavy atom. The molecule has 0 atom stereocenters. The van der Waals surface area contributed by atoms with Crippen molar-refractivity contribution >= 4 is 35.6 Å². The van der Waals surface area contributed by atoms with Crippen LogP contribution in [0.2, 0.25) is 0 Å². The van der Waals surface area contributed by atoms with Gasteiger partial charge in [-0.2, -0.15) is 0 Å². The minimum absolute atomic E-state index is 0. The first kappa shape index (κ1) is 20.1. The van der Waals surface area contributed by atoms with Gasteiger partial charge in [0.2, 0.25) is 0 Å². The molecule has 0 unspecified atom stereocenters. The molecule has 0 heterocycles. The van der Waals surface area contributed by atoms with Gasteiger partial charge in [0.1, 0.15) is 0 Å². The summed E-state index contributed by atoms with van der Waals surface area (Å²) in [5.74, 6) is -0.333. The average molecular weight is 451 g/mol. The number of para-hydroxylation sites is 2. The highest BCUT2D eigenvalue weighted by molar-refractivity contribution is 14.0. The number of rotatable bonds is 5. The fourth-order valence-electron chi connectivity index (χ4n) is 1.91. The summed E-state index contributed by atoms with van der Waals surface area (Å²) in [5.41, 5.74) is 6.91. The zero-order valence-corrected chi connectivity index (χ0v) is 14.9. The van der Waals surface area contributed by atoms with Gasteiger partial charge in [0.15, 0.2) is 11.7 Å². The first-order valence-electron chi connectivity index (χ1n) is 6.90. The lowest BCUT2D eigenvalue weighted by atomic mass is 10.2. The summed E-state index contributed by atoms with van der Waals surface area (Å²) in [6, 6.07) is 15.3. The van der Waals surface area contributed by atoms with E-state index in [-0.39, 0.29) is 41.4 Å². The Labute approximate surface area is 154 Å². The van der Waals surface area contributed by atoms with Gasteiger partial charge < -0.3 is 15.8 Å². The number of nitrogens with zero attached hydrogens (tertiary/aromatic N) is 1. The minimum atomic E-state index is -4.77. The van der Waals surface area contributed by atoms with Crippen LogP contribution in [-0.4, -0.2) is 18.9 Å². The predicted molar refractivity (Wildman–Crippen MR) is 98.8 cm³/mol. The van der Waals surface area contributed by atoms with Gasteiger partial charge >= 0.3 is 6.36 Å². The van der Waals surface area contributed by atoms with Crippen molar-refractivity contribution in [2.24, 2.45) is 10.7 Å². The Kier molecular flexibility index (Phi) is 7.83. The lowest BCUT2D eigenvalue weighted by Crippen LogP contribution is -2.24. The molecule has 24 heavy (non-hydrogen) atoms. The standard InChI is InChI=1S/C16H16F3N3O.HI/c17-16(18,19)23-14-9-5-4-8-13(14)22-15(20)21-11-10-12-6-2-1-3-7-12;/h1-9H,10-11H2,(H3,20,21,22);1H. The van der Waals surface area contributed by atoms with E-state index >= 15 is 0 Å². The Hall–Kier alpha value is -1.97. The van der Waals surface area contributed by atoms with Gasteiger partial charge in [0, 0.05) is 6.54 Å². The molecule has 0 spiro atoms. The summed E-state index contributed by atoms with van der Waals surface area (Å²) in [6.07, 6.45) is -4.08. The van der Waals surface area contributed by atoms with E-state index in [1.54, 1.807) is 6.07 Å². The Balaban J connectivity index is 0.00000288. The number of nitrogens with one attached hydrogen (secondary N) is 1. The average Bonchev–Trinajstić information content (AvgIpc) is 2.49. The number of ether oxygens (including phenoxy) is 1. The maximum Gasteiger partial charge on any atom is 0.573 e. The van der Waals surface area contributed by atoms with E-state index in [1.165, 1.54) is 18.2 Å². The number of anilines is 1. The van der Waals surface area contributed by atoms with Gasteiger partial charge in [0.25, 0.3) is 0 Å².